The summed E-state index contributed by atoms with van der Waals surface area (Å²) in [6, 6.07) is 18.5. The number of amides is 1. The van der Waals surface area contributed by atoms with Gasteiger partial charge in [-0.15, -0.1) is 5.10 Å². The van der Waals surface area contributed by atoms with Crippen molar-refractivity contribution in [2.24, 2.45) is 0 Å². The van der Waals surface area contributed by atoms with Gasteiger partial charge in [-0.3, -0.25) is 4.79 Å². The minimum absolute atomic E-state index is 0.103. The second kappa shape index (κ2) is 8.67. The van der Waals surface area contributed by atoms with Crippen LogP contribution in [-0.4, -0.2) is 34.5 Å². The summed E-state index contributed by atoms with van der Waals surface area (Å²) >= 11 is 0. The molecule has 0 saturated carbocycles. The Labute approximate surface area is 183 Å². The Balaban J connectivity index is 1.49. The molecule has 0 radical (unpaired) electrons. The van der Waals surface area contributed by atoms with Gasteiger partial charge in [0.2, 0.25) is 0 Å². The number of rotatable bonds is 6. The van der Waals surface area contributed by atoms with E-state index in [4.69, 9.17) is 0 Å². The number of benzene rings is 3. The molecule has 0 aliphatic heterocycles. The highest BCUT2D eigenvalue weighted by molar-refractivity contribution is 7.90. The maximum absolute atomic E-state index is 14.2. The van der Waals surface area contributed by atoms with E-state index < -0.39 is 21.6 Å². The summed E-state index contributed by atoms with van der Waals surface area (Å²) < 4.78 is 40.5. The molecule has 0 saturated heterocycles. The van der Waals surface area contributed by atoms with Crippen LogP contribution in [0.25, 0.3) is 5.69 Å². The number of nitrogens with one attached hydrogen (secondary N) is 1. The summed E-state index contributed by atoms with van der Waals surface area (Å²) in [7, 11) is -3.48. The first-order valence-corrected chi connectivity index (χ1v) is 11.2. The third-order valence-electron chi connectivity index (χ3n) is 4.73. The highest BCUT2D eigenvalue weighted by Crippen LogP contribution is 2.20. The maximum atomic E-state index is 14.2. The molecule has 0 bridgehead atoms. The Morgan fingerprint density at radius 2 is 1.75 bits per heavy atom. The van der Waals surface area contributed by atoms with Gasteiger partial charge in [-0.1, -0.05) is 30.3 Å². The van der Waals surface area contributed by atoms with Crippen LogP contribution >= 0.6 is 0 Å². The molecule has 0 unspecified atom stereocenters. The Hall–Kier alpha value is -3.92. The number of hydrogen-bond donors (Lipinski definition) is 1. The maximum Gasteiger partial charge on any atom is 0.255 e. The van der Waals surface area contributed by atoms with Crippen molar-refractivity contribution < 1.29 is 17.6 Å². The molecule has 0 spiro atoms. The van der Waals surface area contributed by atoms with Gasteiger partial charge in [-0.2, -0.15) is 4.68 Å². The van der Waals surface area contributed by atoms with Crippen molar-refractivity contribution in [3.63, 3.8) is 0 Å². The monoisotopic (exact) mass is 451 g/mol. The van der Waals surface area contributed by atoms with Crippen LogP contribution < -0.4 is 5.32 Å². The lowest BCUT2D eigenvalue weighted by atomic mass is 10.1. The molecule has 0 atom stereocenters. The quantitative estimate of drug-likeness (QED) is 0.482. The van der Waals surface area contributed by atoms with Crippen LogP contribution in [0.15, 0.2) is 77.7 Å². The number of hydrogen-bond acceptors (Lipinski definition) is 6. The number of nitrogens with zero attached hydrogens (tertiary/aromatic N) is 4. The molecular formula is C22H18FN5O3S. The summed E-state index contributed by atoms with van der Waals surface area (Å²) in [5.74, 6) is -0.741. The van der Waals surface area contributed by atoms with E-state index in [1.165, 1.54) is 22.9 Å². The largest absolute Gasteiger partial charge is 0.322 e. The van der Waals surface area contributed by atoms with Crippen LogP contribution in [0.4, 0.5) is 10.1 Å². The second-order valence-corrected chi connectivity index (χ2v) is 9.02. The molecule has 0 fully saturated rings. The standard InChI is InChI=1S/C22H18FN5O3S/c1-15-25-26-27-28(15)21-13-18(11-12-20(21)23)24-22(29)17-9-7-16(8-10-17)14-32(30,31)19-5-3-2-4-6-19/h2-13H,14H2,1H3,(H,24,29). The van der Waals surface area contributed by atoms with Crippen LogP contribution in [0, 0.1) is 12.7 Å². The first-order valence-electron chi connectivity index (χ1n) is 9.56. The summed E-state index contributed by atoms with van der Waals surface area (Å²) in [6.45, 7) is 1.63. The molecule has 10 heteroatoms. The molecule has 1 heterocycles. The van der Waals surface area contributed by atoms with E-state index in [0.29, 0.717) is 22.6 Å². The van der Waals surface area contributed by atoms with Gasteiger partial charge >= 0.3 is 0 Å². The fourth-order valence-electron chi connectivity index (χ4n) is 3.09. The van der Waals surface area contributed by atoms with Crippen molar-refractivity contribution >= 4 is 21.4 Å². The number of aryl methyl sites for hydroxylation is 1. The highest BCUT2D eigenvalue weighted by Gasteiger charge is 2.16. The fourth-order valence-corrected chi connectivity index (χ4v) is 4.46. The van der Waals surface area contributed by atoms with Crippen LogP contribution in [0.5, 0.6) is 0 Å². The molecule has 0 aliphatic rings. The molecule has 32 heavy (non-hydrogen) atoms. The average molecular weight is 451 g/mol. The first kappa shape index (κ1) is 21.3. The molecule has 4 rings (SSSR count). The molecule has 162 valence electrons. The van der Waals surface area contributed by atoms with Gasteiger partial charge in [-0.25, -0.2) is 12.8 Å². The molecule has 1 N–H and O–H groups in total. The van der Waals surface area contributed by atoms with Gasteiger partial charge in [0.25, 0.3) is 5.91 Å². The lowest BCUT2D eigenvalue weighted by Crippen LogP contribution is -2.13. The van der Waals surface area contributed by atoms with E-state index in [9.17, 15) is 17.6 Å². The normalized spacial score (nSPS) is 11.3. The second-order valence-electron chi connectivity index (χ2n) is 7.03. The van der Waals surface area contributed by atoms with Gasteiger partial charge in [0.1, 0.15) is 11.5 Å². The molecule has 1 amide bonds. The van der Waals surface area contributed by atoms with E-state index in [1.54, 1.807) is 61.5 Å². The predicted octanol–water partition coefficient (Wildman–Crippen LogP) is 3.34. The SMILES string of the molecule is Cc1nnnn1-c1cc(NC(=O)c2ccc(CS(=O)(=O)c3ccccc3)cc2)ccc1F. The minimum Gasteiger partial charge on any atom is -0.322 e. The molecule has 3 aromatic carbocycles. The number of tetrazole rings is 1. The van der Waals surface area contributed by atoms with Crippen molar-refractivity contribution in [3.05, 3.63) is 95.6 Å². The predicted molar refractivity (Wildman–Crippen MR) is 116 cm³/mol. The Morgan fingerprint density at radius 1 is 1.03 bits per heavy atom. The fraction of sp³-hybridized carbons (Fsp3) is 0.0909. The van der Waals surface area contributed by atoms with Crippen LogP contribution in [0.2, 0.25) is 0 Å². The summed E-state index contributed by atoms with van der Waals surface area (Å²) in [4.78, 5) is 12.9. The zero-order chi connectivity index (χ0) is 22.7. The van der Waals surface area contributed by atoms with Crippen molar-refractivity contribution in [1.29, 1.82) is 0 Å². The molecular weight excluding hydrogens is 433 g/mol. The first-order chi connectivity index (χ1) is 15.3. The van der Waals surface area contributed by atoms with E-state index in [1.807, 2.05) is 0 Å². The van der Waals surface area contributed by atoms with Crippen LogP contribution in [0.3, 0.4) is 0 Å². The van der Waals surface area contributed by atoms with E-state index in [0.717, 1.165) is 0 Å². The van der Waals surface area contributed by atoms with Crippen molar-refractivity contribution in [1.82, 2.24) is 20.2 Å². The number of anilines is 1. The van der Waals surface area contributed by atoms with E-state index in [2.05, 4.69) is 20.8 Å². The number of carbonyl (C=O) groups excluding carboxylic acids is 1. The third-order valence-corrected chi connectivity index (χ3v) is 6.44. The summed E-state index contributed by atoms with van der Waals surface area (Å²) in [6.07, 6.45) is 0. The van der Waals surface area contributed by atoms with Crippen LogP contribution in [0.1, 0.15) is 21.7 Å². The van der Waals surface area contributed by atoms with Gasteiger partial charge < -0.3 is 5.32 Å². The Bertz CT molecular complexity index is 1370. The number of halogens is 1. The molecule has 8 nitrogen and oxygen atoms in total. The van der Waals surface area contributed by atoms with E-state index >= 15 is 0 Å². The Kier molecular flexibility index (Phi) is 5.78. The van der Waals surface area contributed by atoms with Gasteiger partial charge in [0.05, 0.1) is 10.6 Å². The number of sulfone groups is 1. The van der Waals surface area contributed by atoms with Crippen molar-refractivity contribution in [3.8, 4) is 5.69 Å². The summed E-state index contributed by atoms with van der Waals surface area (Å²) in [5.41, 5.74) is 1.35. The topological polar surface area (TPSA) is 107 Å². The molecule has 1 aromatic heterocycles. The zero-order valence-electron chi connectivity index (χ0n) is 16.9. The zero-order valence-corrected chi connectivity index (χ0v) is 17.8. The van der Waals surface area contributed by atoms with Crippen molar-refractivity contribution in [2.75, 3.05) is 5.32 Å². The number of aromatic nitrogens is 4. The third kappa shape index (κ3) is 4.54. The van der Waals surface area contributed by atoms with Gasteiger partial charge in [-0.05, 0) is 65.4 Å². The highest BCUT2D eigenvalue weighted by atomic mass is 32.2. The number of carbonyl (C=O) groups is 1. The van der Waals surface area contributed by atoms with Gasteiger partial charge in [0.15, 0.2) is 15.7 Å². The molecule has 4 aromatic rings. The lowest BCUT2D eigenvalue weighted by Gasteiger charge is -2.10. The smallest absolute Gasteiger partial charge is 0.255 e. The average Bonchev–Trinajstić information content (AvgIpc) is 3.21. The van der Waals surface area contributed by atoms with E-state index in [-0.39, 0.29) is 16.3 Å². The van der Waals surface area contributed by atoms with Crippen LogP contribution in [-0.2, 0) is 15.6 Å². The minimum atomic E-state index is -3.48. The Morgan fingerprint density at radius 3 is 2.41 bits per heavy atom. The lowest BCUT2D eigenvalue weighted by molar-refractivity contribution is 0.102. The van der Waals surface area contributed by atoms with Crippen molar-refractivity contribution in [2.45, 2.75) is 17.6 Å². The molecule has 0 aliphatic carbocycles. The summed E-state index contributed by atoms with van der Waals surface area (Å²) in [5, 5.41) is 13.7. The van der Waals surface area contributed by atoms with Gasteiger partial charge in [0, 0.05) is 11.3 Å².